The molecule has 9 heteroatoms. The summed E-state index contributed by atoms with van der Waals surface area (Å²) in [5, 5.41) is 12.4. The monoisotopic (exact) mass is 392 g/mol. The first-order valence-corrected chi connectivity index (χ1v) is 10.2. The molecular formula is C17H21ClN6OS. The molecule has 1 aliphatic carbocycles. The number of thioether (sulfide) groups is 1. The fraction of sp³-hybridized carbons (Fsp3) is 0.529. The van der Waals surface area contributed by atoms with E-state index < -0.39 is 0 Å². The first-order chi connectivity index (χ1) is 12.6. The third-order valence-electron chi connectivity index (χ3n) is 4.62. The molecule has 0 radical (unpaired) electrons. The summed E-state index contributed by atoms with van der Waals surface area (Å²) < 4.78 is 2.22. The third kappa shape index (κ3) is 3.66. The molecule has 2 aromatic rings. The second-order valence-corrected chi connectivity index (χ2v) is 8.33. The summed E-state index contributed by atoms with van der Waals surface area (Å²) >= 11 is 7.46. The van der Waals surface area contributed by atoms with Gasteiger partial charge in [-0.25, -0.2) is 4.98 Å². The number of amides is 1. The Bertz CT molecular complexity index is 802. The smallest absolute Gasteiger partial charge is 0.237 e. The van der Waals surface area contributed by atoms with Crippen molar-refractivity contribution in [3.8, 4) is 0 Å². The van der Waals surface area contributed by atoms with Crippen LogP contribution in [0.4, 0.5) is 11.6 Å². The van der Waals surface area contributed by atoms with Gasteiger partial charge in [-0.3, -0.25) is 9.36 Å². The standard InChI is InChI=1S/C17H21ClN6OS/c1-11(15(25)20-13-5-4-8-19-14(13)18)26-17-22-21-16(23-9-2-3-10-23)24(17)12-6-7-12/h4-5,8,11-12H,2-3,6-7,9-10H2,1H3,(H,20,25). The zero-order valence-electron chi connectivity index (χ0n) is 14.6. The molecule has 0 aromatic carbocycles. The number of pyridine rings is 1. The van der Waals surface area contributed by atoms with Crippen LogP contribution in [0, 0.1) is 0 Å². The summed E-state index contributed by atoms with van der Waals surface area (Å²) in [6, 6.07) is 3.94. The first kappa shape index (κ1) is 17.6. The second-order valence-electron chi connectivity index (χ2n) is 6.67. The lowest BCUT2D eigenvalue weighted by Gasteiger charge is -2.18. The van der Waals surface area contributed by atoms with Gasteiger partial charge in [0.15, 0.2) is 10.3 Å². The highest BCUT2D eigenvalue weighted by Crippen LogP contribution is 2.42. The number of rotatable bonds is 6. The molecule has 1 amide bonds. The molecule has 2 aromatic heterocycles. The Balaban J connectivity index is 1.48. The van der Waals surface area contributed by atoms with E-state index in [4.69, 9.17) is 11.6 Å². The van der Waals surface area contributed by atoms with Crippen molar-refractivity contribution >= 4 is 40.9 Å². The van der Waals surface area contributed by atoms with Crippen LogP contribution in [0.5, 0.6) is 0 Å². The molecule has 1 saturated heterocycles. The van der Waals surface area contributed by atoms with Gasteiger partial charge >= 0.3 is 0 Å². The zero-order chi connectivity index (χ0) is 18.1. The van der Waals surface area contributed by atoms with Crippen molar-refractivity contribution in [3.05, 3.63) is 23.5 Å². The Morgan fingerprint density at radius 1 is 1.35 bits per heavy atom. The van der Waals surface area contributed by atoms with Gasteiger partial charge in [-0.05, 0) is 44.7 Å². The van der Waals surface area contributed by atoms with Crippen molar-refractivity contribution < 1.29 is 4.79 Å². The van der Waals surface area contributed by atoms with Gasteiger partial charge in [0.05, 0.1) is 10.9 Å². The fourth-order valence-corrected chi connectivity index (χ4v) is 4.14. The van der Waals surface area contributed by atoms with Gasteiger partial charge in [0, 0.05) is 25.3 Å². The maximum absolute atomic E-state index is 12.5. The molecule has 3 heterocycles. The van der Waals surface area contributed by atoms with Crippen LogP contribution in [-0.2, 0) is 4.79 Å². The predicted molar refractivity (Wildman–Crippen MR) is 103 cm³/mol. The van der Waals surface area contributed by atoms with Crippen molar-refractivity contribution in [3.63, 3.8) is 0 Å². The molecule has 1 saturated carbocycles. The maximum atomic E-state index is 12.5. The predicted octanol–water partition coefficient (Wildman–Crippen LogP) is 3.38. The molecular weight excluding hydrogens is 372 g/mol. The number of carbonyl (C=O) groups is 1. The summed E-state index contributed by atoms with van der Waals surface area (Å²) in [4.78, 5) is 18.8. The quantitative estimate of drug-likeness (QED) is 0.600. The second kappa shape index (κ2) is 7.44. The number of anilines is 2. The van der Waals surface area contributed by atoms with Gasteiger partial charge in [0.1, 0.15) is 0 Å². The molecule has 4 rings (SSSR count). The van der Waals surface area contributed by atoms with Crippen LogP contribution < -0.4 is 10.2 Å². The van der Waals surface area contributed by atoms with Crippen LogP contribution in [-0.4, -0.2) is 44.0 Å². The Morgan fingerprint density at radius 3 is 2.81 bits per heavy atom. The number of nitrogens with one attached hydrogen (secondary N) is 1. The molecule has 7 nitrogen and oxygen atoms in total. The van der Waals surface area contributed by atoms with E-state index in [2.05, 4.69) is 30.0 Å². The van der Waals surface area contributed by atoms with Crippen LogP contribution in [0.15, 0.2) is 23.5 Å². The van der Waals surface area contributed by atoms with Crippen molar-refractivity contribution in [2.75, 3.05) is 23.3 Å². The van der Waals surface area contributed by atoms with Gasteiger partial charge in [0.25, 0.3) is 0 Å². The van der Waals surface area contributed by atoms with E-state index in [0.29, 0.717) is 11.7 Å². The Morgan fingerprint density at radius 2 is 2.12 bits per heavy atom. The number of nitrogens with zero attached hydrogens (tertiary/aromatic N) is 5. The van der Waals surface area contributed by atoms with Crippen molar-refractivity contribution in [1.82, 2.24) is 19.7 Å². The number of hydrogen-bond acceptors (Lipinski definition) is 6. The highest BCUT2D eigenvalue weighted by Gasteiger charge is 2.33. The molecule has 1 aliphatic heterocycles. The minimum atomic E-state index is -0.320. The van der Waals surface area contributed by atoms with Crippen molar-refractivity contribution in [2.45, 2.75) is 49.1 Å². The molecule has 2 fully saturated rings. The van der Waals surface area contributed by atoms with Crippen molar-refractivity contribution in [2.24, 2.45) is 0 Å². The van der Waals surface area contributed by atoms with E-state index in [1.54, 1.807) is 18.3 Å². The molecule has 26 heavy (non-hydrogen) atoms. The van der Waals surface area contributed by atoms with Gasteiger partial charge < -0.3 is 10.2 Å². The van der Waals surface area contributed by atoms with Crippen molar-refractivity contribution in [1.29, 1.82) is 0 Å². The minimum Gasteiger partial charge on any atom is -0.341 e. The summed E-state index contributed by atoms with van der Waals surface area (Å²) in [6.07, 6.45) is 6.29. The van der Waals surface area contributed by atoms with Crippen LogP contribution in [0.3, 0.4) is 0 Å². The minimum absolute atomic E-state index is 0.127. The summed E-state index contributed by atoms with van der Waals surface area (Å²) in [7, 11) is 0. The Labute approximate surface area is 161 Å². The molecule has 0 spiro atoms. The molecule has 1 atom stereocenters. The van der Waals surface area contributed by atoms with E-state index in [0.717, 1.165) is 37.0 Å². The van der Waals surface area contributed by atoms with Gasteiger partial charge in [-0.2, -0.15) is 0 Å². The van der Waals surface area contributed by atoms with E-state index >= 15 is 0 Å². The topological polar surface area (TPSA) is 75.9 Å². The highest BCUT2D eigenvalue weighted by molar-refractivity contribution is 8.00. The lowest BCUT2D eigenvalue weighted by Crippen LogP contribution is -2.24. The van der Waals surface area contributed by atoms with Gasteiger partial charge in [0.2, 0.25) is 11.9 Å². The van der Waals surface area contributed by atoms with Crippen LogP contribution in [0.25, 0.3) is 0 Å². The average Bonchev–Trinajstić information content (AvgIpc) is 3.16. The highest BCUT2D eigenvalue weighted by atomic mass is 35.5. The molecule has 0 bridgehead atoms. The fourth-order valence-electron chi connectivity index (χ4n) is 3.06. The number of halogens is 1. The summed E-state index contributed by atoms with van der Waals surface area (Å²) in [6.45, 7) is 3.93. The van der Waals surface area contributed by atoms with Crippen LogP contribution in [0.2, 0.25) is 5.15 Å². The normalized spacial score (nSPS) is 18.2. The SMILES string of the molecule is CC(Sc1nnc(N2CCCC2)n1C1CC1)C(=O)Nc1cccnc1Cl. The van der Waals surface area contributed by atoms with E-state index in [-0.39, 0.29) is 16.3 Å². The Kier molecular flexibility index (Phi) is 5.04. The Hall–Kier alpha value is -1.80. The first-order valence-electron chi connectivity index (χ1n) is 8.91. The van der Waals surface area contributed by atoms with Crippen LogP contribution >= 0.6 is 23.4 Å². The molecule has 138 valence electrons. The van der Waals surface area contributed by atoms with Gasteiger partial charge in [-0.15, -0.1) is 10.2 Å². The average molecular weight is 393 g/mol. The number of aromatic nitrogens is 4. The van der Waals surface area contributed by atoms with E-state index in [1.165, 1.54) is 24.6 Å². The lowest BCUT2D eigenvalue weighted by atomic mass is 10.4. The summed E-state index contributed by atoms with van der Waals surface area (Å²) in [5.74, 6) is 0.827. The maximum Gasteiger partial charge on any atom is 0.237 e. The third-order valence-corrected chi connectivity index (χ3v) is 5.97. The number of carbonyl (C=O) groups excluding carboxylic acids is 1. The van der Waals surface area contributed by atoms with E-state index in [1.807, 2.05) is 6.92 Å². The number of hydrogen-bond donors (Lipinski definition) is 1. The van der Waals surface area contributed by atoms with Gasteiger partial charge in [-0.1, -0.05) is 23.4 Å². The lowest BCUT2D eigenvalue weighted by molar-refractivity contribution is -0.115. The summed E-state index contributed by atoms with van der Waals surface area (Å²) in [5.41, 5.74) is 0.521. The zero-order valence-corrected chi connectivity index (χ0v) is 16.1. The molecule has 1 N–H and O–H groups in total. The largest absolute Gasteiger partial charge is 0.341 e. The molecule has 2 aliphatic rings. The van der Waals surface area contributed by atoms with E-state index in [9.17, 15) is 4.79 Å². The van der Waals surface area contributed by atoms with Crippen LogP contribution in [0.1, 0.15) is 38.6 Å². The molecule has 1 unspecified atom stereocenters.